The van der Waals surface area contributed by atoms with Crippen molar-refractivity contribution < 1.29 is 23.7 Å². The predicted molar refractivity (Wildman–Crippen MR) is 148 cm³/mol. The van der Waals surface area contributed by atoms with Gasteiger partial charge < -0.3 is 25.4 Å². The minimum Gasteiger partial charge on any atom is -0.497 e. The Balaban J connectivity index is 1.45. The van der Waals surface area contributed by atoms with Crippen molar-refractivity contribution in [2.24, 2.45) is 0 Å². The van der Waals surface area contributed by atoms with Crippen LogP contribution < -0.4 is 30.8 Å². The zero-order valence-corrected chi connectivity index (χ0v) is 22.5. The second kappa shape index (κ2) is 11.8. The number of nitrogens with zero attached hydrogens (tertiary/aromatic N) is 3. The Kier molecular flexibility index (Phi) is 8.04. The van der Waals surface area contributed by atoms with Crippen molar-refractivity contribution in [2.45, 2.75) is 26.3 Å². The third-order valence-corrected chi connectivity index (χ3v) is 7.39. The number of nitrogens with two attached hydrogens (primary N) is 1. The lowest BCUT2D eigenvalue weighted by molar-refractivity contribution is -0.910. The highest BCUT2D eigenvalue weighted by Crippen LogP contribution is 2.16. The summed E-state index contributed by atoms with van der Waals surface area (Å²) in [7, 11) is 1.63. The maximum Gasteiger partial charge on any atom is 0.278 e. The number of morpholine rings is 1. The number of hydrogen-bond donors (Lipinski definition) is 3. The van der Waals surface area contributed by atoms with E-state index in [-0.39, 0.29) is 17.0 Å². The summed E-state index contributed by atoms with van der Waals surface area (Å²) in [6.45, 7) is 7.33. The number of amides is 1. The van der Waals surface area contributed by atoms with Crippen LogP contribution in [0.15, 0.2) is 53.5 Å². The van der Waals surface area contributed by atoms with E-state index < -0.39 is 0 Å². The lowest BCUT2D eigenvalue weighted by Gasteiger charge is -2.23. The number of aryl methyl sites for hydroxylation is 2. The Hall–Kier alpha value is -4.02. The Bertz CT molecular complexity index is 1540. The van der Waals surface area contributed by atoms with Gasteiger partial charge in [-0.3, -0.25) is 14.0 Å². The highest BCUT2D eigenvalue weighted by atomic mass is 16.5. The quantitative estimate of drug-likeness (QED) is 0.211. The van der Waals surface area contributed by atoms with E-state index in [1.165, 1.54) is 9.30 Å². The number of nitrogen functional groups attached to an aromatic ring is 1. The molecular weight excluding hydrogens is 496 g/mol. The van der Waals surface area contributed by atoms with E-state index in [4.69, 9.17) is 20.2 Å². The molecule has 204 valence electrons. The maximum absolute atomic E-state index is 13.6. The van der Waals surface area contributed by atoms with Gasteiger partial charge in [0.2, 0.25) is 11.5 Å². The number of methoxy groups -OCH3 is 1. The fourth-order valence-electron chi connectivity index (χ4n) is 5.12. The molecule has 1 aliphatic rings. The zero-order valence-electron chi connectivity index (χ0n) is 22.5. The summed E-state index contributed by atoms with van der Waals surface area (Å²) in [6, 6.07) is 13.1. The number of carbonyl (C=O) groups is 1. The van der Waals surface area contributed by atoms with E-state index in [0.717, 1.165) is 56.1 Å². The minimum absolute atomic E-state index is 0.224. The standard InChI is InChI=1S/C29H34N6O4/c1-20-5-3-13-35-26(20)32-27-24(29(35)37)19-23(25(30)34(27)14-4-12-33-15-17-39-18-16-33)28(36)31-11-10-21-6-8-22(38-2)9-7-21/h3,5-9,13,19,30H,4,10-12,14-18H2,1-2H3,(H,31,36)/p+2. The third kappa shape index (κ3) is 5.71. The molecule has 0 unspecified atom stereocenters. The van der Waals surface area contributed by atoms with E-state index in [2.05, 4.69) is 5.32 Å². The SMILES string of the molecule is COc1ccc(CCNC(=O)c2cc3c(=O)n4cccc(C)c4nc3[n+](CCC[NH+]3CCOCC3)c2N)cc1. The number of aromatic nitrogens is 3. The van der Waals surface area contributed by atoms with Crippen LogP contribution in [0.1, 0.15) is 27.9 Å². The summed E-state index contributed by atoms with van der Waals surface area (Å²) in [4.78, 5) is 33.2. The lowest BCUT2D eigenvalue weighted by Crippen LogP contribution is -3.14. The second-order valence-electron chi connectivity index (χ2n) is 9.95. The van der Waals surface area contributed by atoms with E-state index in [1.54, 1.807) is 19.4 Å². The van der Waals surface area contributed by atoms with Gasteiger partial charge in [0.25, 0.3) is 17.1 Å². The zero-order chi connectivity index (χ0) is 27.4. The molecule has 1 amide bonds. The van der Waals surface area contributed by atoms with Crippen LogP contribution in [0.25, 0.3) is 16.7 Å². The minimum atomic E-state index is -0.316. The molecule has 10 nitrogen and oxygen atoms in total. The summed E-state index contributed by atoms with van der Waals surface area (Å²) < 4.78 is 14.0. The van der Waals surface area contributed by atoms with Gasteiger partial charge in [0, 0.05) is 24.7 Å². The summed E-state index contributed by atoms with van der Waals surface area (Å²) >= 11 is 0. The first-order chi connectivity index (χ1) is 19.0. The van der Waals surface area contributed by atoms with Gasteiger partial charge >= 0.3 is 0 Å². The number of anilines is 1. The Morgan fingerprint density at radius 3 is 2.74 bits per heavy atom. The molecule has 1 aliphatic heterocycles. The van der Waals surface area contributed by atoms with Crippen molar-refractivity contribution in [1.82, 2.24) is 14.7 Å². The third-order valence-electron chi connectivity index (χ3n) is 7.39. The maximum atomic E-state index is 13.6. The number of hydrogen-bond acceptors (Lipinski definition) is 6. The Morgan fingerprint density at radius 1 is 1.23 bits per heavy atom. The van der Waals surface area contributed by atoms with E-state index in [0.29, 0.717) is 42.0 Å². The van der Waals surface area contributed by atoms with E-state index in [9.17, 15) is 9.59 Å². The van der Waals surface area contributed by atoms with Crippen LogP contribution in [0.3, 0.4) is 0 Å². The smallest absolute Gasteiger partial charge is 0.278 e. The molecule has 5 rings (SSSR count). The first-order valence-corrected chi connectivity index (χ1v) is 13.4. The fraction of sp³-hybridized carbons (Fsp3) is 0.379. The summed E-state index contributed by atoms with van der Waals surface area (Å²) in [5.74, 6) is 0.782. The average molecular weight is 533 g/mol. The summed E-state index contributed by atoms with van der Waals surface area (Å²) in [5.41, 5.74) is 9.73. The van der Waals surface area contributed by atoms with Crippen LogP contribution in [0.5, 0.6) is 5.75 Å². The summed E-state index contributed by atoms with van der Waals surface area (Å²) in [5, 5.41) is 3.34. The number of rotatable bonds is 9. The van der Waals surface area contributed by atoms with E-state index >= 15 is 0 Å². The van der Waals surface area contributed by atoms with Crippen LogP contribution in [-0.4, -0.2) is 61.8 Å². The molecule has 1 saturated heterocycles. The molecule has 0 radical (unpaired) electrons. The number of benzene rings is 1. The number of fused-ring (bicyclic) bond motifs is 2. The second-order valence-corrected chi connectivity index (χ2v) is 9.95. The molecular formula is C29H36N6O4+2. The average Bonchev–Trinajstić information content (AvgIpc) is 2.96. The molecule has 10 heteroatoms. The predicted octanol–water partition coefficient (Wildman–Crippen LogP) is 0.312. The molecule has 0 bridgehead atoms. The van der Waals surface area contributed by atoms with Crippen LogP contribution >= 0.6 is 0 Å². The first-order valence-electron chi connectivity index (χ1n) is 13.4. The molecule has 0 atom stereocenters. The van der Waals surface area contributed by atoms with Gasteiger partial charge in [0.1, 0.15) is 29.8 Å². The Labute approximate surface area is 227 Å². The first kappa shape index (κ1) is 26.6. The number of nitrogens with one attached hydrogen (secondary N) is 2. The van der Waals surface area contributed by atoms with Gasteiger partial charge in [-0.25, -0.2) is 4.57 Å². The number of carbonyl (C=O) groups excluding carboxylic acids is 1. The molecule has 3 aromatic heterocycles. The molecule has 1 fully saturated rings. The van der Waals surface area contributed by atoms with Crippen molar-refractivity contribution >= 4 is 28.4 Å². The van der Waals surface area contributed by atoms with Crippen molar-refractivity contribution in [1.29, 1.82) is 0 Å². The Morgan fingerprint density at radius 2 is 2.00 bits per heavy atom. The van der Waals surface area contributed by atoms with Crippen molar-refractivity contribution in [3.63, 3.8) is 0 Å². The van der Waals surface area contributed by atoms with Gasteiger partial charge in [-0.2, -0.15) is 0 Å². The van der Waals surface area contributed by atoms with Crippen LogP contribution in [-0.2, 0) is 17.7 Å². The van der Waals surface area contributed by atoms with Gasteiger partial charge in [0.15, 0.2) is 0 Å². The molecule has 39 heavy (non-hydrogen) atoms. The molecule has 4 aromatic rings. The lowest BCUT2D eigenvalue weighted by atomic mass is 10.1. The van der Waals surface area contributed by atoms with Crippen molar-refractivity contribution in [2.75, 3.05) is 52.2 Å². The van der Waals surface area contributed by atoms with Crippen LogP contribution in [0, 0.1) is 6.92 Å². The monoisotopic (exact) mass is 532 g/mol. The molecule has 4 N–H and O–H groups in total. The van der Waals surface area contributed by atoms with Gasteiger partial charge in [-0.15, -0.1) is 0 Å². The normalized spacial score (nSPS) is 14.1. The van der Waals surface area contributed by atoms with E-state index in [1.807, 2.05) is 47.9 Å². The van der Waals surface area contributed by atoms with Crippen LogP contribution in [0.2, 0.25) is 0 Å². The van der Waals surface area contributed by atoms with Crippen molar-refractivity contribution in [3.8, 4) is 5.75 Å². The summed E-state index contributed by atoms with van der Waals surface area (Å²) in [6.07, 6.45) is 3.19. The topological polar surface area (TPSA) is 116 Å². The molecule has 0 saturated carbocycles. The number of quaternary nitrogens is 1. The van der Waals surface area contributed by atoms with Crippen LogP contribution in [0.4, 0.5) is 5.82 Å². The largest absolute Gasteiger partial charge is 0.497 e. The highest BCUT2D eigenvalue weighted by molar-refractivity contribution is 6.00. The number of pyridine rings is 2. The van der Waals surface area contributed by atoms with Gasteiger partial charge in [0.05, 0.1) is 33.4 Å². The van der Waals surface area contributed by atoms with Gasteiger partial charge in [-0.05, 0) is 43.2 Å². The highest BCUT2D eigenvalue weighted by Gasteiger charge is 2.25. The van der Waals surface area contributed by atoms with Crippen molar-refractivity contribution in [3.05, 3.63) is 75.7 Å². The molecule has 1 aromatic carbocycles. The molecule has 0 spiro atoms. The number of ether oxygens (including phenoxy) is 2. The molecule has 0 aliphatic carbocycles. The molecule has 4 heterocycles. The van der Waals surface area contributed by atoms with Gasteiger partial charge in [-0.1, -0.05) is 23.2 Å². The fourth-order valence-corrected chi connectivity index (χ4v) is 5.12.